The molecule has 0 unspecified atom stereocenters. The van der Waals surface area contributed by atoms with E-state index in [-0.39, 0.29) is 5.91 Å². The van der Waals surface area contributed by atoms with Gasteiger partial charge in [-0.3, -0.25) is 4.79 Å². The third-order valence-corrected chi connectivity index (χ3v) is 5.16. The number of amides is 1. The van der Waals surface area contributed by atoms with E-state index in [1.165, 1.54) is 5.69 Å². The molecule has 1 amide bonds. The van der Waals surface area contributed by atoms with Crippen molar-refractivity contribution in [3.05, 3.63) is 90.0 Å². The fourth-order valence-corrected chi connectivity index (χ4v) is 3.23. The minimum atomic E-state index is -0.691. The lowest BCUT2D eigenvalue weighted by Gasteiger charge is -2.20. The van der Waals surface area contributed by atoms with Gasteiger partial charge in [0, 0.05) is 18.8 Å². The van der Waals surface area contributed by atoms with Crippen molar-refractivity contribution in [3.8, 4) is 11.5 Å². The highest BCUT2D eigenvalue weighted by Gasteiger charge is 2.14. The molecule has 0 bridgehead atoms. The number of hydrogen-bond donors (Lipinski definition) is 1. The molecule has 0 aliphatic heterocycles. The van der Waals surface area contributed by atoms with Crippen molar-refractivity contribution in [3.63, 3.8) is 0 Å². The van der Waals surface area contributed by atoms with Crippen molar-refractivity contribution >= 4 is 17.8 Å². The molecule has 1 atom stereocenters. The van der Waals surface area contributed by atoms with Crippen LogP contribution in [0.5, 0.6) is 11.5 Å². The normalized spacial score (nSPS) is 11.7. The molecule has 33 heavy (non-hydrogen) atoms. The summed E-state index contributed by atoms with van der Waals surface area (Å²) in [6.07, 6.45) is 0.929. The molecule has 6 heteroatoms. The summed E-state index contributed by atoms with van der Waals surface area (Å²) >= 11 is 0. The van der Waals surface area contributed by atoms with Crippen molar-refractivity contribution in [2.75, 3.05) is 18.0 Å². The smallest absolute Gasteiger partial charge is 0.280 e. The molecule has 0 aliphatic rings. The maximum atomic E-state index is 12.3. The van der Waals surface area contributed by atoms with Crippen LogP contribution in [0.15, 0.2) is 84.0 Å². The van der Waals surface area contributed by atoms with Crippen molar-refractivity contribution in [2.45, 2.75) is 33.5 Å². The number of nitrogens with zero attached hydrogens (tertiary/aromatic N) is 2. The number of carbonyl (C=O) groups excluding carboxylic acids is 1. The van der Waals surface area contributed by atoms with Gasteiger partial charge in [-0.05, 0) is 68.3 Å². The van der Waals surface area contributed by atoms with Gasteiger partial charge in [-0.1, -0.05) is 42.5 Å². The zero-order chi connectivity index (χ0) is 23.5. The van der Waals surface area contributed by atoms with Gasteiger partial charge < -0.3 is 14.4 Å². The minimum Gasteiger partial charge on any atom is -0.489 e. The fraction of sp³-hybridized carbons (Fsp3) is 0.259. The van der Waals surface area contributed by atoms with E-state index in [1.54, 1.807) is 25.3 Å². The Kier molecular flexibility index (Phi) is 8.88. The van der Waals surface area contributed by atoms with Crippen LogP contribution in [0.4, 0.5) is 5.69 Å². The molecule has 3 rings (SSSR count). The topological polar surface area (TPSA) is 63.2 Å². The summed E-state index contributed by atoms with van der Waals surface area (Å²) in [5.74, 6) is 0.996. The van der Waals surface area contributed by atoms with Crippen LogP contribution in [0.2, 0.25) is 0 Å². The lowest BCUT2D eigenvalue weighted by Crippen LogP contribution is -2.33. The van der Waals surface area contributed by atoms with Crippen LogP contribution in [0, 0.1) is 0 Å². The fourth-order valence-electron chi connectivity index (χ4n) is 3.23. The van der Waals surface area contributed by atoms with Gasteiger partial charge in [0.1, 0.15) is 18.1 Å². The first kappa shape index (κ1) is 23.9. The predicted molar refractivity (Wildman–Crippen MR) is 133 cm³/mol. The second-order valence-corrected chi connectivity index (χ2v) is 7.50. The van der Waals surface area contributed by atoms with Crippen LogP contribution < -0.4 is 19.8 Å². The highest BCUT2D eigenvalue weighted by molar-refractivity contribution is 5.84. The molecule has 0 heterocycles. The van der Waals surface area contributed by atoms with Crippen molar-refractivity contribution < 1.29 is 14.3 Å². The lowest BCUT2D eigenvalue weighted by atomic mass is 10.2. The van der Waals surface area contributed by atoms with Gasteiger partial charge in [-0.15, -0.1) is 0 Å². The Morgan fingerprint density at radius 3 is 2.21 bits per heavy atom. The Labute approximate surface area is 195 Å². The number of nitrogens with one attached hydrogen (secondary N) is 1. The van der Waals surface area contributed by atoms with Gasteiger partial charge in [0.2, 0.25) is 0 Å². The average Bonchev–Trinajstić information content (AvgIpc) is 2.86. The van der Waals surface area contributed by atoms with Crippen molar-refractivity contribution in [1.82, 2.24) is 5.43 Å². The molecule has 0 saturated carbocycles. The molecular weight excluding hydrogens is 414 g/mol. The molecule has 0 radical (unpaired) electrons. The van der Waals surface area contributed by atoms with E-state index in [0.717, 1.165) is 30.0 Å². The molecule has 6 nitrogen and oxygen atoms in total. The number of ether oxygens (including phenoxy) is 2. The summed E-state index contributed by atoms with van der Waals surface area (Å²) < 4.78 is 11.5. The Morgan fingerprint density at radius 1 is 0.939 bits per heavy atom. The second-order valence-electron chi connectivity index (χ2n) is 7.50. The molecule has 172 valence electrons. The number of carbonyl (C=O) groups is 1. The largest absolute Gasteiger partial charge is 0.489 e. The van der Waals surface area contributed by atoms with E-state index in [2.05, 4.69) is 41.4 Å². The lowest BCUT2D eigenvalue weighted by molar-refractivity contribution is -0.127. The van der Waals surface area contributed by atoms with Gasteiger partial charge in [0.25, 0.3) is 5.91 Å². The molecular formula is C27H31N3O3. The molecule has 0 fully saturated rings. The zero-order valence-electron chi connectivity index (χ0n) is 19.4. The number of hydrazone groups is 1. The van der Waals surface area contributed by atoms with E-state index in [0.29, 0.717) is 12.4 Å². The summed E-state index contributed by atoms with van der Waals surface area (Å²) in [7, 11) is 0. The van der Waals surface area contributed by atoms with Crippen LogP contribution in [0.1, 0.15) is 31.9 Å². The monoisotopic (exact) mass is 445 g/mol. The molecule has 3 aromatic rings. The van der Waals surface area contributed by atoms with Gasteiger partial charge in [0.15, 0.2) is 6.10 Å². The molecule has 0 spiro atoms. The third-order valence-electron chi connectivity index (χ3n) is 5.16. The van der Waals surface area contributed by atoms with E-state index in [4.69, 9.17) is 9.47 Å². The van der Waals surface area contributed by atoms with Crippen molar-refractivity contribution in [2.24, 2.45) is 5.10 Å². The van der Waals surface area contributed by atoms with Gasteiger partial charge in [-0.25, -0.2) is 5.43 Å². The highest BCUT2D eigenvalue weighted by atomic mass is 16.5. The second kappa shape index (κ2) is 12.3. The summed E-state index contributed by atoms with van der Waals surface area (Å²) in [4.78, 5) is 14.6. The average molecular weight is 446 g/mol. The van der Waals surface area contributed by atoms with Crippen molar-refractivity contribution in [1.29, 1.82) is 0 Å². The predicted octanol–water partition coefficient (Wildman–Crippen LogP) is 5.03. The van der Waals surface area contributed by atoms with Gasteiger partial charge in [0.05, 0.1) is 6.21 Å². The van der Waals surface area contributed by atoms with Gasteiger partial charge in [-0.2, -0.15) is 5.10 Å². The van der Waals surface area contributed by atoms with Crippen LogP contribution >= 0.6 is 0 Å². The highest BCUT2D eigenvalue weighted by Crippen LogP contribution is 2.20. The number of hydrogen-bond acceptors (Lipinski definition) is 5. The molecule has 1 N–H and O–H groups in total. The first-order chi connectivity index (χ1) is 16.1. The first-order valence-corrected chi connectivity index (χ1v) is 11.2. The Morgan fingerprint density at radius 2 is 1.58 bits per heavy atom. The van der Waals surface area contributed by atoms with E-state index in [1.807, 2.05) is 54.6 Å². The number of anilines is 1. The third kappa shape index (κ3) is 7.38. The molecule has 3 aromatic carbocycles. The van der Waals surface area contributed by atoms with Crippen LogP contribution in [-0.4, -0.2) is 31.3 Å². The molecule has 0 aromatic heterocycles. The Hall–Kier alpha value is -3.80. The quantitative estimate of drug-likeness (QED) is 0.332. The minimum absolute atomic E-state index is 0.324. The summed E-state index contributed by atoms with van der Waals surface area (Å²) in [5.41, 5.74) is 5.71. The maximum absolute atomic E-state index is 12.3. The summed E-state index contributed by atoms with van der Waals surface area (Å²) in [6.45, 7) is 8.36. The SMILES string of the molecule is CCN(CC)c1ccc(C=NNC(=O)[C@@H](C)Oc2ccc(OCc3ccccc3)cc2)cc1. The summed E-state index contributed by atoms with van der Waals surface area (Å²) in [5, 5.41) is 4.05. The van der Waals surface area contributed by atoms with Crippen LogP contribution in [0.3, 0.4) is 0 Å². The summed E-state index contributed by atoms with van der Waals surface area (Å²) in [6, 6.07) is 25.2. The number of rotatable bonds is 11. The zero-order valence-corrected chi connectivity index (χ0v) is 19.4. The first-order valence-electron chi connectivity index (χ1n) is 11.2. The van der Waals surface area contributed by atoms with E-state index >= 15 is 0 Å². The molecule has 0 aliphatic carbocycles. The maximum Gasteiger partial charge on any atom is 0.280 e. The standard InChI is InChI=1S/C27H31N3O3/c1-4-30(5-2)24-13-11-22(12-14-24)19-28-29-27(31)21(3)33-26-17-15-25(16-18-26)32-20-23-9-7-6-8-10-23/h6-19,21H,4-5,20H2,1-3H3,(H,29,31)/t21-/m1/s1. The van der Waals surface area contributed by atoms with E-state index < -0.39 is 6.10 Å². The Balaban J connectivity index is 1.45. The molecule has 0 saturated heterocycles. The van der Waals surface area contributed by atoms with Crippen LogP contribution in [0.25, 0.3) is 0 Å². The van der Waals surface area contributed by atoms with Gasteiger partial charge >= 0.3 is 0 Å². The van der Waals surface area contributed by atoms with Crippen LogP contribution in [-0.2, 0) is 11.4 Å². The Bertz CT molecular complexity index is 1010. The van der Waals surface area contributed by atoms with E-state index in [9.17, 15) is 4.79 Å². The number of benzene rings is 3.